The maximum Gasteiger partial charge on any atom is 0.0919 e. The van der Waals surface area contributed by atoms with Gasteiger partial charge in [0.1, 0.15) is 0 Å². The van der Waals surface area contributed by atoms with Crippen LogP contribution in [0.1, 0.15) is 0 Å². The Morgan fingerprint density at radius 2 is 1.62 bits per heavy atom. The largest absolute Gasteiger partial charge is 0.351 e. The number of nitrogens with one attached hydrogen (secondary N) is 1. The summed E-state index contributed by atoms with van der Waals surface area (Å²) in [6, 6.07) is 5.72. The second kappa shape index (κ2) is 10.9. The smallest absolute Gasteiger partial charge is 0.0919 e. The zero-order chi connectivity index (χ0) is 9.78. The van der Waals surface area contributed by atoms with E-state index in [0.717, 1.165) is 0 Å². The molecular formula is C9H11N3Pt. The Kier molecular flexibility index (Phi) is 10.0. The van der Waals surface area contributed by atoms with E-state index in [4.69, 9.17) is 0 Å². The zero-order valence-corrected chi connectivity index (χ0v) is 9.31. The Labute approximate surface area is 88.7 Å². The van der Waals surface area contributed by atoms with Gasteiger partial charge in [-0.1, -0.05) is 6.07 Å². The molecule has 0 aliphatic heterocycles. The van der Waals surface area contributed by atoms with E-state index in [0.29, 0.717) is 0 Å². The topological polar surface area (TPSA) is 41.6 Å². The Bertz CT molecular complexity index is 213. The van der Waals surface area contributed by atoms with Crippen LogP contribution in [0.4, 0.5) is 0 Å². The van der Waals surface area contributed by atoms with Crippen molar-refractivity contribution in [2.45, 2.75) is 0 Å². The number of pyridine rings is 1. The molecule has 0 aromatic carbocycles. The van der Waals surface area contributed by atoms with Crippen LogP contribution in [-0.4, -0.2) is 19.9 Å². The first kappa shape index (κ1) is 11.9. The summed E-state index contributed by atoms with van der Waals surface area (Å²) >= 11 is 1.89. The maximum atomic E-state index is 3.78. The molecule has 0 unspecified atom stereocenters. The average Bonchev–Trinajstić information content (AvgIpc) is 2.82. The fourth-order valence-electron chi connectivity index (χ4n) is 0.528. The van der Waals surface area contributed by atoms with Gasteiger partial charge in [0.15, 0.2) is 0 Å². The predicted molar refractivity (Wildman–Crippen MR) is 49.9 cm³/mol. The Balaban J connectivity index is 0.000000189. The van der Waals surface area contributed by atoms with Crippen molar-refractivity contribution in [2.75, 3.05) is 0 Å². The van der Waals surface area contributed by atoms with Gasteiger partial charge in [0.2, 0.25) is 0 Å². The summed E-state index contributed by atoms with van der Waals surface area (Å²) in [5.41, 5.74) is 0. The van der Waals surface area contributed by atoms with E-state index in [1.165, 1.54) is 0 Å². The fraction of sp³-hybridized carbons (Fsp3) is 0. The molecule has 13 heavy (non-hydrogen) atoms. The molecule has 2 rings (SSSR count). The van der Waals surface area contributed by atoms with Crippen molar-refractivity contribution in [1.29, 1.82) is 0 Å². The van der Waals surface area contributed by atoms with E-state index in [2.05, 4.69) is 19.9 Å². The minimum absolute atomic E-state index is 1.62. The van der Waals surface area contributed by atoms with E-state index in [1.54, 1.807) is 31.1 Å². The van der Waals surface area contributed by atoms with Crippen LogP contribution in [0.5, 0.6) is 0 Å². The van der Waals surface area contributed by atoms with Crippen LogP contribution in [0.2, 0.25) is 0 Å². The average molecular weight is 356 g/mol. The third-order valence-electron chi connectivity index (χ3n) is 0.972. The molecular weight excluding hydrogens is 345 g/mol. The van der Waals surface area contributed by atoms with E-state index in [1.807, 2.05) is 37.6 Å². The van der Waals surface area contributed by atoms with Crippen LogP contribution < -0.4 is 0 Å². The number of nitrogens with zero attached hydrogens (tertiary/aromatic N) is 2. The van der Waals surface area contributed by atoms with E-state index < -0.39 is 0 Å². The molecule has 0 atom stereocenters. The molecule has 72 valence electrons. The minimum Gasteiger partial charge on any atom is -0.351 e. The van der Waals surface area contributed by atoms with Crippen molar-refractivity contribution in [2.24, 2.45) is 0 Å². The third kappa shape index (κ3) is 8.83. The Morgan fingerprint density at radius 1 is 0.923 bits per heavy atom. The number of hydrogen-bond donors (Lipinski definition) is 1. The molecule has 0 saturated heterocycles. The van der Waals surface area contributed by atoms with Gasteiger partial charge in [-0.25, -0.2) is 4.98 Å². The molecule has 1 N–H and O–H groups in total. The van der Waals surface area contributed by atoms with Gasteiger partial charge in [-0.3, -0.25) is 4.98 Å². The van der Waals surface area contributed by atoms with Crippen LogP contribution in [0.3, 0.4) is 0 Å². The molecule has 0 radical (unpaired) electrons. The van der Waals surface area contributed by atoms with Crippen LogP contribution in [-0.2, 0) is 19.4 Å². The first-order chi connectivity index (χ1) is 6.50. The molecule has 0 amide bonds. The molecule has 0 bridgehead atoms. The Hall–Kier alpha value is -1.08. The first-order valence-corrected chi connectivity index (χ1v) is 5.11. The van der Waals surface area contributed by atoms with Crippen molar-refractivity contribution in [1.82, 2.24) is 15.0 Å². The molecule has 0 saturated carbocycles. The normalized spacial score (nSPS) is 7.23. The molecule has 0 spiro atoms. The number of H-pyrrole nitrogens is 1. The summed E-state index contributed by atoms with van der Waals surface area (Å²) in [5.74, 6) is 0. The molecule has 0 fully saturated rings. The predicted octanol–water partition coefficient (Wildman–Crippen LogP) is 1.46. The zero-order valence-electron chi connectivity index (χ0n) is 7.04. The summed E-state index contributed by atoms with van der Waals surface area (Å²) in [5, 5.41) is 0. The summed E-state index contributed by atoms with van der Waals surface area (Å²) in [6.07, 6.45) is 8.58. The van der Waals surface area contributed by atoms with E-state index in [9.17, 15) is 0 Å². The van der Waals surface area contributed by atoms with E-state index in [-0.39, 0.29) is 0 Å². The van der Waals surface area contributed by atoms with Crippen molar-refractivity contribution < 1.29 is 19.4 Å². The third-order valence-corrected chi connectivity index (χ3v) is 0.972. The van der Waals surface area contributed by atoms with Crippen LogP contribution >= 0.6 is 0 Å². The van der Waals surface area contributed by atoms with Gasteiger partial charge < -0.3 is 4.98 Å². The summed E-state index contributed by atoms with van der Waals surface area (Å²) in [4.78, 5) is 13.4. The van der Waals surface area contributed by atoms with E-state index >= 15 is 0 Å². The monoisotopic (exact) mass is 356 g/mol. The van der Waals surface area contributed by atoms with Crippen molar-refractivity contribution in [3.63, 3.8) is 0 Å². The van der Waals surface area contributed by atoms with Gasteiger partial charge in [-0.05, 0) is 12.1 Å². The second-order valence-electron chi connectivity index (χ2n) is 1.79. The number of rotatable bonds is 0. The SMILES string of the molecule is [CH2]=[Pt].c1c[nH]cn1.c1ccncc1. The van der Waals surface area contributed by atoms with Crippen LogP contribution in [0.25, 0.3) is 0 Å². The second-order valence-corrected chi connectivity index (χ2v) is 1.79. The van der Waals surface area contributed by atoms with Gasteiger partial charge in [0.25, 0.3) is 0 Å². The number of imidazole rings is 1. The molecule has 2 heterocycles. The maximum absolute atomic E-state index is 3.78. The number of aromatic amines is 1. The minimum atomic E-state index is 1.62. The van der Waals surface area contributed by atoms with Gasteiger partial charge in [-0.15, -0.1) is 0 Å². The Morgan fingerprint density at radius 3 is 1.77 bits per heavy atom. The summed E-state index contributed by atoms with van der Waals surface area (Å²) in [6.45, 7) is 0. The van der Waals surface area contributed by atoms with Crippen molar-refractivity contribution in [3.8, 4) is 0 Å². The number of aromatic nitrogens is 3. The van der Waals surface area contributed by atoms with Crippen molar-refractivity contribution >= 4 is 4.90 Å². The first-order valence-electron chi connectivity index (χ1n) is 3.50. The van der Waals surface area contributed by atoms with Gasteiger partial charge in [-0.2, -0.15) is 0 Å². The van der Waals surface area contributed by atoms with Gasteiger partial charge in [0.05, 0.1) is 6.33 Å². The summed E-state index contributed by atoms with van der Waals surface area (Å²) < 4.78 is 0. The molecule has 4 heteroatoms. The quantitative estimate of drug-likeness (QED) is 0.777. The van der Waals surface area contributed by atoms with Crippen LogP contribution in [0, 0.1) is 0 Å². The summed E-state index contributed by atoms with van der Waals surface area (Å²) in [7, 11) is 0. The molecule has 0 aliphatic carbocycles. The standard InChI is InChI=1S/C5H5N.C3H4N2.CH2.Pt/c1-2-4-6-5-3-1;1-2-5-3-4-1;;/h1-5H;1-3H,(H,4,5);1H2;. The molecule has 2 aromatic rings. The number of hydrogen-bond acceptors (Lipinski definition) is 2. The molecule has 0 aliphatic rings. The molecule has 2 aromatic heterocycles. The van der Waals surface area contributed by atoms with Crippen LogP contribution in [0.15, 0.2) is 49.3 Å². The van der Waals surface area contributed by atoms with Gasteiger partial charge >= 0.3 is 24.3 Å². The fourth-order valence-corrected chi connectivity index (χ4v) is 0.528. The molecule has 3 nitrogen and oxygen atoms in total. The van der Waals surface area contributed by atoms with Gasteiger partial charge in [0, 0.05) is 24.8 Å². The van der Waals surface area contributed by atoms with Crippen molar-refractivity contribution in [3.05, 3.63) is 49.3 Å².